The highest BCUT2D eigenvalue weighted by Crippen LogP contribution is 1.98. The summed E-state index contributed by atoms with van der Waals surface area (Å²) in [6.07, 6.45) is 2.49. The summed E-state index contributed by atoms with van der Waals surface area (Å²) in [5.74, 6) is 1.20. The molecule has 0 bridgehead atoms. The van der Waals surface area contributed by atoms with Crippen LogP contribution in [0.1, 0.15) is 13.3 Å². The molecule has 0 aliphatic heterocycles. The van der Waals surface area contributed by atoms with Crippen LogP contribution in [0.2, 0.25) is 0 Å². The Labute approximate surface area is 50.0 Å². The maximum atomic E-state index is 6.79. The summed E-state index contributed by atoms with van der Waals surface area (Å²) < 4.78 is 0. The normalized spacial score (nSPS) is 13.4. The fourth-order valence-electron chi connectivity index (χ4n) is 0.300. The fourth-order valence-corrected chi connectivity index (χ4v) is 0.663. The van der Waals surface area contributed by atoms with Gasteiger partial charge < -0.3 is 5.41 Å². The van der Waals surface area contributed by atoms with Gasteiger partial charge in [-0.1, -0.05) is 6.92 Å². The Morgan fingerprint density at radius 1 is 1.86 bits per heavy atom. The van der Waals surface area contributed by atoms with E-state index in [0.29, 0.717) is 5.92 Å². The van der Waals surface area contributed by atoms with Crippen molar-refractivity contribution in [1.82, 2.24) is 0 Å². The van der Waals surface area contributed by atoms with Gasteiger partial charge in [0.05, 0.1) is 0 Å². The topological polar surface area (TPSA) is 23.9 Å². The van der Waals surface area contributed by atoms with Gasteiger partial charge in [0.2, 0.25) is 0 Å². The van der Waals surface area contributed by atoms with E-state index in [1.54, 1.807) is 0 Å². The van der Waals surface area contributed by atoms with Crippen molar-refractivity contribution in [2.45, 2.75) is 13.3 Å². The first-order valence-corrected chi connectivity index (χ1v) is 3.09. The minimum atomic E-state index is 0.392. The highest BCUT2D eigenvalue weighted by Gasteiger charge is 1.94. The summed E-state index contributed by atoms with van der Waals surface area (Å²) in [6.45, 7) is 2.06. The lowest BCUT2D eigenvalue weighted by atomic mass is 10.1. The minimum Gasteiger partial charge on any atom is -0.313 e. The van der Waals surface area contributed by atoms with Crippen molar-refractivity contribution >= 4 is 18.8 Å². The van der Waals surface area contributed by atoms with Crippen molar-refractivity contribution in [2.75, 3.05) is 5.75 Å². The largest absolute Gasteiger partial charge is 0.313 e. The molecule has 1 N–H and O–H groups in total. The van der Waals surface area contributed by atoms with Gasteiger partial charge in [-0.15, -0.1) is 0 Å². The SMILES string of the molecule is CCC(C=N)CS. The molecule has 1 nitrogen and oxygen atoms in total. The van der Waals surface area contributed by atoms with Crippen LogP contribution in [0.15, 0.2) is 0 Å². The molecule has 2 heteroatoms. The molecule has 0 rings (SSSR count). The van der Waals surface area contributed by atoms with E-state index >= 15 is 0 Å². The van der Waals surface area contributed by atoms with Gasteiger partial charge in [-0.05, 0) is 18.4 Å². The van der Waals surface area contributed by atoms with Gasteiger partial charge in [-0.25, -0.2) is 0 Å². The maximum Gasteiger partial charge on any atom is 0.00207 e. The molecule has 0 fully saturated rings. The molecular formula is C5H11NS. The molecule has 0 aliphatic rings. The third-order valence-electron chi connectivity index (χ3n) is 0.995. The molecule has 0 saturated carbocycles. The highest BCUT2D eigenvalue weighted by atomic mass is 32.1. The average Bonchev–Trinajstić information content (AvgIpc) is 1.72. The Kier molecular flexibility index (Phi) is 4.20. The first kappa shape index (κ1) is 7.02. The Bertz CT molecular complexity index is 50.0. The molecule has 1 unspecified atom stereocenters. The second kappa shape index (κ2) is 4.19. The Morgan fingerprint density at radius 2 is 2.43 bits per heavy atom. The molecule has 0 aliphatic carbocycles. The van der Waals surface area contributed by atoms with Crippen LogP contribution in [0.25, 0.3) is 0 Å². The summed E-state index contributed by atoms with van der Waals surface area (Å²) >= 11 is 4.02. The van der Waals surface area contributed by atoms with Gasteiger partial charge in [-0.2, -0.15) is 12.6 Å². The van der Waals surface area contributed by atoms with Crippen LogP contribution in [-0.2, 0) is 0 Å². The van der Waals surface area contributed by atoms with Crippen LogP contribution in [0, 0.1) is 11.3 Å². The summed E-state index contributed by atoms with van der Waals surface area (Å²) in [4.78, 5) is 0. The third-order valence-corrected chi connectivity index (χ3v) is 1.46. The number of hydrogen-bond donors (Lipinski definition) is 2. The molecule has 7 heavy (non-hydrogen) atoms. The quantitative estimate of drug-likeness (QED) is 0.414. The van der Waals surface area contributed by atoms with E-state index in [0.717, 1.165) is 12.2 Å². The zero-order chi connectivity index (χ0) is 5.70. The predicted molar refractivity (Wildman–Crippen MR) is 36.4 cm³/mol. The zero-order valence-corrected chi connectivity index (χ0v) is 5.41. The fraction of sp³-hybridized carbons (Fsp3) is 0.800. The minimum absolute atomic E-state index is 0.392. The standard InChI is InChI=1S/C5H11NS/c1-2-5(3-6)4-7/h3,5-7H,2,4H2,1H3. The lowest BCUT2D eigenvalue weighted by Crippen LogP contribution is -1.99. The third kappa shape index (κ3) is 2.68. The predicted octanol–water partition coefficient (Wildman–Crippen LogP) is 1.59. The maximum absolute atomic E-state index is 6.79. The smallest absolute Gasteiger partial charge is 0.00207 e. The van der Waals surface area contributed by atoms with Gasteiger partial charge in [0.25, 0.3) is 0 Å². The molecule has 0 radical (unpaired) electrons. The summed E-state index contributed by atoms with van der Waals surface area (Å²) in [6, 6.07) is 0. The average molecular weight is 117 g/mol. The van der Waals surface area contributed by atoms with Crippen LogP contribution < -0.4 is 0 Å². The molecule has 0 heterocycles. The van der Waals surface area contributed by atoms with Crippen molar-refractivity contribution < 1.29 is 0 Å². The van der Waals surface area contributed by atoms with Gasteiger partial charge in [0, 0.05) is 5.92 Å². The highest BCUT2D eigenvalue weighted by molar-refractivity contribution is 7.80. The Hall–Kier alpha value is 0.0200. The molecule has 0 saturated heterocycles. The van der Waals surface area contributed by atoms with Gasteiger partial charge in [0.1, 0.15) is 0 Å². The first-order valence-electron chi connectivity index (χ1n) is 2.46. The summed E-state index contributed by atoms with van der Waals surface area (Å²) in [5, 5.41) is 6.79. The van der Waals surface area contributed by atoms with Crippen molar-refractivity contribution in [2.24, 2.45) is 5.92 Å². The van der Waals surface area contributed by atoms with E-state index < -0.39 is 0 Å². The molecule has 0 aromatic heterocycles. The molecule has 0 amide bonds. The molecule has 0 spiro atoms. The lowest BCUT2D eigenvalue weighted by Gasteiger charge is -1.99. The zero-order valence-electron chi connectivity index (χ0n) is 4.52. The second-order valence-corrected chi connectivity index (χ2v) is 1.88. The van der Waals surface area contributed by atoms with Crippen LogP contribution in [-0.4, -0.2) is 12.0 Å². The number of thiol groups is 1. The Balaban J connectivity index is 3.16. The summed E-state index contributed by atoms with van der Waals surface area (Å²) in [7, 11) is 0. The lowest BCUT2D eigenvalue weighted by molar-refractivity contribution is 0.765. The van der Waals surface area contributed by atoms with E-state index in [4.69, 9.17) is 5.41 Å². The first-order chi connectivity index (χ1) is 3.35. The molecule has 1 atom stereocenters. The van der Waals surface area contributed by atoms with Gasteiger partial charge >= 0.3 is 0 Å². The number of hydrogen-bond acceptors (Lipinski definition) is 2. The van der Waals surface area contributed by atoms with Crippen molar-refractivity contribution in [1.29, 1.82) is 5.41 Å². The molecule has 42 valence electrons. The van der Waals surface area contributed by atoms with Crippen molar-refractivity contribution in [3.63, 3.8) is 0 Å². The Morgan fingerprint density at radius 3 is 2.43 bits per heavy atom. The van der Waals surface area contributed by atoms with E-state index in [2.05, 4.69) is 19.6 Å². The van der Waals surface area contributed by atoms with Crippen LogP contribution in [0.3, 0.4) is 0 Å². The van der Waals surface area contributed by atoms with Crippen LogP contribution in [0.5, 0.6) is 0 Å². The molecular weight excluding hydrogens is 106 g/mol. The van der Waals surface area contributed by atoms with E-state index in [1.807, 2.05) is 0 Å². The second-order valence-electron chi connectivity index (χ2n) is 1.52. The van der Waals surface area contributed by atoms with Gasteiger partial charge in [-0.3, -0.25) is 0 Å². The van der Waals surface area contributed by atoms with Crippen LogP contribution in [0.4, 0.5) is 0 Å². The summed E-state index contributed by atoms with van der Waals surface area (Å²) in [5.41, 5.74) is 0. The van der Waals surface area contributed by atoms with Crippen molar-refractivity contribution in [3.8, 4) is 0 Å². The monoisotopic (exact) mass is 117 g/mol. The van der Waals surface area contributed by atoms with Crippen LogP contribution >= 0.6 is 12.6 Å². The van der Waals surface area contributed by atoms with E-state index in [1.165, 1.54) is 6.21 Å². The van der Waals surface area contributed by atoms with Crippen molar-refractivity contribution in [3.05, 3.63) is 0 Å². The van der Waals surface area contributed by atoms with E-state index in [9.17, 15) is 0 Å². The number of rotatable bonds is 3. The number of nitrogens with one attached hydrogen (secondary N) is 1. The molecule has 0 aromatic carbocycles. The van der Waals surface area contributed by atoms with E-state index in [-0.39, 0.29) is 0 Å². The molecule has 0 aromatic rings. The van der Waals surface area contributed by atoms with Gasteiger partial charge in [0.15, 0.2) is 0 Å².